The molecule has 19 heavy (non-hydrogen) atoms. The molecule has 0 spiro atoms. The first-order chi connectivity index (χ1) is 9.15. The van der Waals surface area contributed by atoms with Gasteiger partial charge in [0.2, 0.25) is 0 Å². The number of aliphatic hydroxyl groups excluding tert-OH is 1. The van der Waals surface area contributed by atoms with Gasteiger partial charge in [-0.05, 0) is 35.4 Å². The standard InChI is InChI=1S/C15H15FO3/c1-18-13-8-5-11(9-14(13)19-2)15(17)10-3-6-12(16)7-4-10/h3-9,15,17H,1-2H3/t15-/m0/s1. The molecule has 1 N–H and O–H groups in total. The minimum Gasteiger partial charge on any atom is -0.493 e. The molecule has 4 heteroatoms. The van der Waals surface area contributed by atoms with Gasteiger partial charge >= 0.3 is 0 Å². The van der Waals surface area contributed by atoms with Crippen LogP contribution in [0.25, 0.3) is 0 Å². The van der Waals surface area contributed by atoms with E-state index in [4.69, 9.17) is 9.47 Å². The van der Waals surface area contributed by atoms with Crippen molar-refractivity contribution in [1.29, 1.82) is 0 Å². The first kappa shape index (κ1) is 13.4. The fraction of sp³-hybridized carbons (Fsp3) is 0.200. The van der Waals surface area contributed by atoms with Gasteiger partial charge in [0.1, 0.15) is 11.9 Å². The van der Waals surface area contributed by atoms with Crippen molar-refractivity contribution in [2.24, 2.45) is 0 Å². The Morgan fingerprint density at radius 2 is 1.47 bits per heavy atom. The van der Waals surface area contributed by atoms with E-state index in [1.54, 1.807) is 37.4 Å². The highest BCUT2D eigenvalue weighted by Crippen LogP contribution is 2.32. The highest BCUT2D eigenvalue weighted by Gasteiger charge is 2.13. The van der Waals surface area contributed by atoms with Gasteiger partial charge in [-0.1, -0.05) is 18.2 Å². The molecule has 0 aliphatic rings. The number of aliphatic hydroxyl groups is 1. The molecular weight excluding hydrogens is 247 g/mol. The molecule has 100 valence electrons. The zero-order valence-electron chi connectivity index (χ0n) is 10.8. The first-order valence-corrected chi connectivity index (χ1v) is 5.81. The van der Waals surface area contributed by atoms with E-state index in [1.807, 2.05) is 0 Å². The smallest absolute Gasteiger partial charge is 0.161 e. The maximum atomic E-state index is 12.9. The Hall–Kier alpha value is -2.07. The summed E-state index contributed by atoms with van der Waals surface area (Å²) >= 11 is 0. The molecule has 0 bridgehead atoms. The van der Waals surface area contributed by atoms with Crippen LogP contribution in [0.1, 0.15) is 17.2 Å². The number of benzene rings is 2. The zero-order chi connectivity index (χ0) is 13.8. The van der Waals surface area contributed by atoms with Gasteiger partial charge in [0.15, 0.2) is 11.5 Å². The first-order valence-electron chi connectivity index (χ1n) is 5.81. The average molecular weight is 262 g/mol. The van der Waals surface area contributed by atoms with Crippen LogP contribution in [0.15, 0.2) is 42.5 Å². The van der Waals surface area contributed by atoms with E-state index in [-0.39, 0.29) is 5.82 Å². The molecule has 0 radical (unpaired) electrons. The third kappa shape index (κ3) is 2.85. The summed E-state index contributed by atoms with van der Waals surface area (Å²) in [6.07, 6.45) is -0.833. The molecule has 0 heterocycles. The normalized spacial score (nSPS) is 12.0. The quantitative estimate of drug-likeness (QED) is 0.920. The Morgan fingerprint density at radius 3 is 2.05 bits per heavy atom. The van der Waals surface area contributed by atoms with Crippen LogP contribution < -0.4 is 9.47 Å². The molecule has 0 fully saturated rings. The van der Waals surface area contributed by atoms with E-state index in [2.05, 4.69) is 0 Å². The number of halogens is 1. The van der Waals surface area contributed by atoms with Gasteiger partial charge in [0.25, 0.3) is 0 Å². The maximum Gasteiger partial charge on any atom is 0.161 e. The summed E-state index contributed by atoms with van der Waals surface area (Å²) in [5.74, 6) is 0.807. The third-order valence-corrected chi connectivity index (χ3v) is 2.91. The highest BCUT2D eigenvalue weighted by molar-refractivity contribution is 5.45. The number of ether oxygens (including phenoxy) is 2. The lowest BCUT2D eigenvalue weighted by Gasteiger charge is -2.14. The van der Waals surface area contributed by atoms with Crippen molar-refractivity contribution in [2.45, 2.75) is 6.10 Å². The maximum absolute atomic E-state index is 12.9. The summed E-state index contributed by atoms with van der Waals surface area (Å²) in [7, 11) is 3.08. The Labute approximate surface area is 111 Å². The van der Waals surface area contributed by atoms with Crippen molar-refractivity contribution >= 4 is 0 Å². The van der Waals surface area contributed by atoms with Crippen LogP contribution in [0.3, 0.4) is 0 Å². The highest BCUT2D eigenvalue weighted by atomic mass is 19.1. The second kappa shape index (κ2) is 5.71. The Balaban J connectivity index is 2.33. The van der Waals surface area contributed by atoms with Crippen LogP contribution >= 0.6 is 0 Å². The molecule has 0 saturated heterocycles. The molecule has 3 nitrogen and oxygen atoms in total. The number of rotatable bonds is 4. The van der Waals surface area contributed by atoms with Crippen molar-refractivity contribution in [2.75, 3.05) is 14.2 Å². The van der Waals surface area contributed by atoms with Crippen molar-refractivity contribution in [3.8, 4) is 11.5 Å². The fourth-order valence-corrected chi connectivity index (χ4v) is 1.86. The SMILES string of the molecule is COc1ccc([C@@H](O)c2ccc(F)cc2)cc1OC. The van der Waals surface area contributed by atoms with Gasteiger partial charge in [-0.25, -0.2) is 4.39 Å². The largest absolute Gasteiger partial charge is 0.493 e. The number of hydrogen-bond donors (Lipinski definition) is 1. The van der Waals surface area contributed by atoms with E-state index in [9.17, 15) is 9.50 Å². The second-order valence-electron chi connectivity index (χ2n) is 4.07. The molecule has 2 aromatic rings. The van der Waals surface area contributed by atoms with E-state index < -0.39 is 6.10 Å². The van der Waals surface area contributed by atoms with Gasteiger partial charge in [-0.15, -0.1) is 0 Å². The molecule has 0 amide bonds. The third-order valence-electron chi connectivity index (χ3n) is 2.91. The van der Waals surface area contributed by atoms with Gasteiger partial charge < -0.3 is 14.6 Å². The number of hydrogen-bond acceptors (Lipinski definition) is 3. The monoisotopic (exact) mass is 262 g/mol. The molecule has 2 aromatic carbocycles. The topological polar surface area (TPSA) is 38.7 Å². The van der Waals surface area contributed by atoms with Crippen molar-refractivity contribution in [1.82, 2.24) is 0 Å². The predicted molar refractivity (Wildman–Crippen MR) is 70.0 cm³/mol. The Morgan fingerprint density at radius 1 is 0.895 bits per heavy atom. The minimum atomic E-state index is -0.833. The molecule has 0 saturated carbocycles. The van der Waals surface area contributed by atoms with Gasteiger partial charge in [0, 0.05) is 0 Å². The van der Waals surface area contributed by atoms with Crippen molar-refractivity contribution < 1.29 is 19.0 Å². The molecule has 0 aliphatic carbocycles. The Kier molecular flexibility index (Phi) is 4.02. The fourth-order valence-electron chi connectivity index (χ4n) is 1.86. The number of methoxy groups -OCH3 is 2. The lowest BCUT2D eigenvalue weighted by atomic mass is 10.0. The van der Waals surface area contributed by atoms with Crippen LogP contribution in [-0.4, -0.2) is 19.3 Å². The molecule has 2 rings (SSSR count). The van der Waals surface area contributed by atoms with E-state index in [1.165, 1.54) is 19.2 Å². The Bertz CT molecular complexity index is 552. The van der Waals surface area contributed by atoms with Gasteiger partial charge in [-0.3, -0.25) is 0 Å². The summed E-state index contributed by atoms with van der Waals surface area (Å²) in [6.45, 7) is 0. The summed E-state index contributed by atoms with van der Waals surface area (Å²) in [6, 6.07) is 10.9. The van der Waals surface area contributed by atoms with Gasteiger partial charge in [-0.2, -0.15) is 0 Å². The summed E-state index contributed by atoms with van der Waals surface area (Å²) in [4.78, 5) is 0. The summed E-state index contributed by atoms with van der Waals surface area (Å²) < 4.78 is 23.2. The van der Waals surface area contributed by atoms with Crippen LogP contribution in [-0.2, 0) is 0 Å². The van der Waals surface area contributed by atoms with Crippen LogP contribution in [0.4, 0.5) is 4.39 Å². The molecule has 1 atom stereocenters. The molecular formula is C15H15FO3. The summed E-state index contributed by atoms with van der Waals surface area (Å²) in [5.41, 5.74) is 1.28. The van der Waals surface area contributed by atoms with Gasteiger partial charge in [0.05, 0.1) is 14.2 Å². The van der Waals surface area contributed by atoms with Crippen LogP contribution in [0.5, 0.6) is 11.5 Å². The minimum absolute atomic E-state index is 0.330. The summed E-state index contributed by atoms with van der Waals surface area (Å²) in [5, 5.41) is 10.2. The predicted octanol–water partition coefficient (Wildman–Crippen LogP) is 2.92. The lowest BCUT2D eigenvalue weighted by Crippen LogP contribution is -2.01. The van der Waals surface area contributed by atoms with Crippen LogP contribution in [0, 0.1) is 5.82 Å². The van der Waals surface area contributed by atoms with Crippen molar-refractivity contribution in [3.05, 3.63) is 59.4 Å². The second-order valence-corrected chi connectivity index (χ2v) is 4.07. The van der Waals surface area contributed by atoms with E-state index >= 15 is 0 Å². The van der Waals surface area contributed by atoms with Crippen molar-refractivity contribution in [3.63, 3.8) is 0 Å². The average Bonchev–Trinajstić information content (AvgIpc) is 2.46. The lowest BCUT2D eigenvalue weighted by molar-refractivity contribution is 0.219. The molecule has 0 aromatic heterocycles. The van der Waals surface area contributed by atoms with E-state index in [0.717, 1.165) is 0 Å². The van der Waals surface area contributed by atoms with Crippen LogP contribution in [0.2, 0.25) is 0 Å². The van der Waals surface area contributed by atoms with E-state index in [0.29, 0.717) is 22.6 Å². The molecule has 0 aliphatic heterocycles. The molecule has 0 unspecified atom stereocenters. The zero-order valence-corrected chi connectivity index (χ0v) is 10.8.